The lowest BCUT2D eigenvalue weighted by molar-refractivity contribution is 0.0744. The van der Waals surface area contributed by atoms with Crippen molar-refractivity contribution in [1.82, 2.24) is 5.32 Å². The van der Waals surface area contributed by atoms with Gasteiger partial charge in [-0.3, -0.25) is 0 Å². The number of hydrogen-bond donors (Lipinski definition) is 2. The first kappa shape index (κ1) is 22.5. The minimum absolute atomic E-state index is 0.353. The van der Waals surface area contributed by atoms with Gasteiger partial charge in [-0.05, 0) is 31.8 Å². The van der Waals surface area contributed by atoms with E-state index < -0.39 is 6.16 Å². The fourth-order valence-electron chi connectivity index (χ4n) is 1.94. The van der Waals surface area contributed by atoms with Crippen LogP contribution in [0.25, 0.3) is 0 Å². The van der Waals surface area contributed by atoms with Gasteiger partial charge >= 0.3 is 6.16 Å². The molecule has 0 heterocycles. The molecule has 0 saturated carbocycles. The van der Waals surface area contributed by atoms with Gasteiger partial charge in [-0.25, -0.2) is 4.79 Å². The Hall–Kier alpha value is -0.770. The summed E-state index contributed by atoms with van der Waals surface area (Å²) in [5.41, 5.74) is 0. The third kappa shape index (κ3) is 21.7. The van der Waals surface area contributed by atoms with E-state index in [1.54, 1.807) is 0 Å². The first-order valence-corrected chi connectivity index (χ1v) is 8.68. The van der Waals surface area contributed by atoms with E-state index in [2.05, 4.69) is 37.7 Å². The summed E-state index contributed by atoms with van der Waals surface area (Å²) in [5.74, 6) is 0.404. The van der Waals surface area contributed by atoms with Gasteiger partial charge < -0.3 is 15.2 Å². The van der Waals surface area contributed by atoms with E-state index in [1.807, 2.05) is 0 Å². The third-order valence-corrected chi connectivity index (χ3v) is 3.44. The SMILES string of the molecule is CCCCC(CC)COC(=O)O.CCCCCCNCC. The highest BCUT2D eigenvalue weighted by atomic mass is 16.7. The van der Waals surface area contributed by atoms with Crippen LogP contribution in [-0.2, 0) is 4.74 Å². The molecule has 0 aliphatic rings. The number of hydrogen-bond acceptors (Lipinski definition) is 3. The van der Waals surface area contributed by atoms with Crippen LogP contribution in [0.15, 0.2) is 0 Å². The summed E-state index contributed by atoms with van der Waals surface area (Å²) in [6.45, 7) is 11.3. The quantitative estimate of drug-likeness (QED) is 0.390. The molecule has 0 aromatic carbocycles. The highest BCUT2D eigenvalue weighted by Gasteiger charge is 2.07. The fraction of sp³-hybridized carbons (Fsp3) is 0.941. The molecule has 1 unspecified atom stereocenters. The molecule has 0 aromatic rings. The molecule has 0 rings (SSSR count). The van der Waals surface area contributed by atoms with Crippen LogP contribution in [0.5, 0.6) is 0 Å². The van der Waals surface area contributed by atoms with Crippen molar-refractivity contribution in [1.29, 1.82) is 0 Å². The molecule has 0 aliphatic carbocycles. The Labute approximate surface area is 131 Å². The van der Waals surface area contributed by atoms with E-state index in [9.17, 15) is 4.79 Å². The Morgan fingerprint density at radius 2 is 1.71 bits per heavy atom. The van der Waals surface area contributed by atoms with Crippen LogP contribution in [0.3, 0.4) is 0 Å². The normalized spacial score (nSPS) is 11.4. The Morgan fingerprint density at radius 3 is 2.19 bits per heavy atom. The van der Waals surface area contributed by atoms with Gasteiger partial charge in [-0.1, -0.05) is 66.2 Å². The smallest absolute Gasteiger partial charge is 0.450 e. The molecule has 0 aromatic heterocycles. The molecule has 0 bridgehead atoms. The molecular formula is C17H37NO3. The topological polar surface area (TPSA) is 58.6 Å². The van der Waals surface area contributed by atoms with Crippen LogP contribution in [0.1, 0.15) is 79.1 Å². The van der Waals surface area contributed by atoms with Gasteiger partial charge in [0.1, 0.15) is 0 Å². The largest absolute Gasteiger partial charge is 0.505 e. The maximum Gasteiger partial charge on any atom is 0.505 e. The number of unbranched alkanes of at least 4 members (excludes halogenated alkanes) is 4. The van der Waals surface area contributed by atoms with Crippen LogP contribution < -0.4 is 5.32 Å². The maximum absolute atomic E-state index is 10.1. The highest BCUT2D eigenvalue weighted by Crippen LogP contribution is 2.12. The second kappa shape index (κ2) is 19.2. The molecule has 0 spiro atoms. The number of rotatable bonds is 12. The van der Waals surface area contributed by atoms with Crippen molar-refractivity contribution in [2.75, 3.05) is 19.7 Å². The Balaban J connectivity index is 0. The van der Waals surface area contributed by atoms with Crippen molar-refractivity contribution in [2.45, 2.75) is 79.1 Å². The van der Waals surface area contributed by atoms with Gasteiger partial charge in [0.2, 0.25) is 0 Å². The van der Waals surface area contributed by atoms with Gasteiger partial charge in [0.05, 0.1) is 6.61 Å². The third-order valence-electron chi connectivity index (χ3n) is 3.44. The minimum Gasteiger partial charge on any atom is -0.450 e. The van der Waals surface area contributed by atoms with E-state index in [0.29, 0.717) is 12.5 Å². The van der Waals surface area contributed by atoms with E-state index >= 15 is 0 Å². The second-order valence-electron chi connectivity index (χ2n) is 5.41. The molecule has 0 fully saturated rings. The Kier molecular flexibility index (Phi) is 20.6. The standard InChI is InChI=1S/C9H18O3.C8H19N/c1-3-5-6-8(4-2)7-12-9(10)11;1-3-5-6-7-8-9-4-2/h8H,3-7H2,1-2H3,(H,10,11);9H,3-8H2,1-2H3. The lowest BCUT2D eigenvalue weighted by Gasteiger charge is -2.12. The average molecular weight is 303 g/mol. The Bertz CT molecular complexity index is 204. The van der Waals surface area contributed by atoms with Crippen molar-refractivity contribution in [2.24, 2.45) is 5.92 Å². The minimum atomic E-state index is -1.16. The molecule has 128 valence electrons. The van der Waals surface area contributed by atoms with Gasteiger partial charge in [-0.15, -0.1) is 0 Å². The van der Waals surface area contributed by atoms with Crippen molar-refractivity contribution in [3.8, 4) is 0 Å². The summed E-state index contributed by atoms with van der Waals surface area (Å²) in [5, 5.41) is 11.6. The van der Waals surface area contributed by atoms with E-state index in [4.69, 9.17) is 5.11 Å². The van der Waals surface area contributed by atoms with E-state index in [-0.39, 0.29) is 0 Å². The van der Waals surface area contributed by atoms with Gasteiger partial charge in [-0.2, -0.15) is 0 Å². The molecule has 1 atom stereocenters. The van der Waals surface area contributed by atoms with Gasteiger partial charge in [0.15, 0.2) is 0 Å². The summed E-state index contributed by atoms with van der Waals surface area (Å²) in [6.07, 6.45) is 8.69. The number of carboxylic acid groups (broad SMARTS) is 1. The Morgan fingerprint density at radius 1 is 1.05 bits per heavy atom. The summed E-state index contributed by atoms with van der Waals surface area (Å²) in [6, 6.07) is 0. The van der Waals surface area contributed by atoms with E-state index in [0.717, 1.165) is 32.2 Å². The molecular weight excluding hydrogens is 266 g/mol. The van der Waals surface area contributed by atoms with Gasteiger partial charge in [0, 0.05) is 0 Å². The maximum atomic E-state index is 10.1. The number of carbonyl (C=O) groups is 1. The monoisotopic (exact) mass is 303 g/mol. The lowest BCUT2D eigenvalue weighted by atomic mass is 10.0. The fourth-order valence-corrected chi connectivity index (χ4v) is 1.94. The van der Waals surface area contributed by atoms with Crippen LogP contribution >= 0.6 is 0 Å². The zero-order valence-electron chi connectivity index (χ0n) is 14.6. The van der Waals surface area contributed by atoms with Gasteiger partial charge in [0.25, 0.3) is 0 Å². The lowest BCUT2D eigenvalue weighted by Crippen LogP contribution is -2.13. The average Bonchev–Trinajstić information content (AvgIpc) is 2.48. The molecule has 0 saturated heterocycles. The predicted molar refractivity (Wildman–Crippen MR) is 90.0 cm³/mol. The highest BCUT2D eigenvalue weighted by molar-refractivity contribution is 5.56. The molecule has 4 heteroatoms. The molecule has 0 aliphatic heterocycles. The van der Waals surface area contributed by atoms with Crippen LogP contribution in [-0.4, -0.2) is 31.0 Å². The van der Waals surface area contributed by atoms with Crippen LogP contribution in [0, 0.1) is 5.92 Å². The molecule has 2 N–H and O–H groups in total. The summed E-state index contributed by atoms with van der Waals surface area (Å²) in [4.78, 5) is 10.1. The zero-order valence-corrected chi connectivity index (χ0v) is 14.6. The van der Waals surface area contributed by atoms with Crippen LogP contribution in [0.2, 0.25) is 0 Å². The summed E-state index contributed by atoms with van der Waals surface area (Å²) < 4.78 is 4.51. The summed E-state index contributed by atoms with van der Waals surface area (Å²) in [7, 11) is 0. The van der Waals surface area contributed by atoms with Crippen molar-refractivity contribution in [3.05, 3.63) is 0 Å². The molecule has 21 heavy (non-hydrogen) atoms. The second-order valence-corrected chi connectivity index (χ2v) is 5.41. The van der Waals surface area contributed by atoms with Crippen molar-refractivity contribution >= 4 is 6.16 Å². The van der Waals surface area contributed by atoms with Crippen molar-refractivity contribution < 1.29 is 14.6 Å². The molecule has 0 amide bonds. The van der Waals surface area contributed by atoms with Crippen molar-refractivity contribution in [3.63, 3.8) is 0 Å². The number of nitrogens with one attached hydrogen (secondary N) is 1. The first-order chi connectivity index (χ1) is 10.1. The predicted octanol–water partition coefficient (Wildman–Crippen LogP) is 5.07. The van der Waals surface area contributed by atoms with E-state index in [1.165, 1.54) is 32.2 Å². The summed E-state index contributed by atoms with van der Waals surface area (Å²) >= 11 is 0. The molecule has 4 nitrogen and oxygen atoms in total. The molecule has 0 radical (unpaired) electrons. The van der Waals surface area contributed by atoms with Crippen LogP contribution in [0.4, 0.5) is 4.79 Å². The first-order valence-electron chi connectivity index (χ1n) is 8.68. The zero-order chi connectivity index (χ0) is 16.3. The number of ether oxygens (including phenoxy) is 1.